The van der Waals surface area contributed by atoms with Crippen molar-refractivity contribution in [1.29, 1.82) is 0 Å². The third-order valence-electron chi connectivity index (χ3n) is 3.39. The van der Waals surface area contributed by atoms with Gasteiger partial charge in [-0.05, 0) is 41.8 Å². The first-order valence-corrected chi connectivity index (χ1v) is 9.52. The van der Waals surface area contributed by atoms with E-state index in [1.54, 1.807) is 12.1 Å². The van der Waals surface area contributed by atoms with Crippen molar-refractivity contribution < 1.29 is 17.6 Å². The molecule has 0 saturated carbocycles. The second-order valence-corrected chi connectivity index (χ2v) is 7.84. The molecule has 0 heterocycles. The largest absolute Gasteiger partial charge is 0.325 e. The van der Waals surface area contributed by atoms with E-state index in [-0.39, 0.29) is 10.6 Å². The molecule has 0 aliphatic rings. The average Bonchev–Trinajstić information content (AvgIpc) is 2.50. The molecule has 1 amide bonds. The number of rotatable bonds is 6. The molecule has 7 heteroatoms. The van der Waals surface area contributed by atoms with E-state index in [9.17, 15) is 17.6 Å². The lowest BCUT2D eigenvalue weighted by Crippen LogP contribution is -2.24. The highest BCUT2D eigenvalue weighted by Crippen LogP contribution is 2.20. The zero-order valence-electron chi connectivity index (χ0n) is 13.1. The molecule has 2 aromatic carbocycles. The molecular weight excluding hydrogens is 353 g/mol. The van der Waals surface area contributed by atoms with Gasteiger partial charge in [0.25, 0.3) is 0 Å². The van der Waals surface area contributed by atoms with Crippen LogP contribution in [0.15, 0.2) is 42.5 Å². The zero-order chi connectivity index (χ0) is 17.7. The Morgan fingerprint density at radius 1 is 1.17 bits per heavy atom. The summed E-state index contributed by atoms with van der Waals surface area (Å²) in [6.45, 7) is 2.01. The molecule has 0 bridgehead atoms. The van der Waals surface area contributed by atoms with Crippen molar-refractivity contribution in [3.05, 3.63) is 64.4 Å². The number of hydrogen-bond donors (Lipinski definition) is 1. The summed E-state index contributed by atoms with van der Waals surface area (Å²) >= 11 is 5.83. The fourth-order valence-corrected chi connectivity index (χ4v) is 3.76. The van der Waals surface area contributed by atoms with Gasteiger partial charge in [-0.1, -0.05) is 36.7 Å². The molecule has 2 aromatic rings. The van der Waals surface area contributed by atoms with Crippen LogP contribution in [0, 0.1) is 5.82 Å². The molecule has 0 atom stereocenters. The van der Waals surface area contributed by atoms with Gasteiger partial charge in [0.05, 0.1) is 5.75 Å². The van der Waals surface area contributed by atoms with Crippen molar-refractivity contribution in [2.24, 2.45) is 0 Å². The van der Waals surface area contributed by atoms with Gasteiger partial charge in [0, 0.05) is 10.7 Å². The minimum absolute atomic E-state index is 0.0223. The van der Waals surface area contributed by atoms with Crippen LogP contribution in [0.2, 0.25) is 5.02 Å². The van der Waals surface area contributed by atoms with Crippen LogP contribution in [-0.4, -0.2) is 20.1 Å². The summed E-state index contributed by atoms with van der Waals surface area (Å²) in [7, 11) is -3.72. The van der Waals surface area contributed by atoms with Gasteiger partial charge in [-0.3, -0.25) is 4.79 Å². The molecule has 2 rings (SSSR count). The van der Waals surface area contributed by atoms with Crippen LogP contribution in [0.4, 0.5) is 10.1 Å². The van der Waals surface area contributed by atoms with Gasteiger partial charge in [0.15, 0.2) is 9.84 Å². The molecule has 0 radical (unpaired) electrons. The van der Waals surface area contributed by atoms with Gasteiger partial charge in [-0.2, -0.15) is 0 Å². The van der Waals surface area contributed by atoms with Crippen LogP contribution in [-0.2, 0) is 26.8 Å². The number of aryl methyl sites for hydroxylation is 1. The van der Waals surface area contributed by atoms with Crippen LogP contribution in [0.1, 0.15) is 18.1 Å². The fraction of sp³-hybridized carbons (Fsp3) is 0.235. The summed E-state index contributed by atoms with van der Waals surface area (Å²) in [5, 5.41) is 2.57. The Bertz CT molecular complexity index is 835. The summed E-state index contributed by atoms with van der Waals surface area (Å²) in [6.07, 6.45) is 0.876. The fourth-order valence-electron chi connectivity index (χ4n) is 2.15. The van der Waals surface area contributed by atoms with Crippen molar-refractivity contribution >= 4 is 33.0 Å². The second kappa shape index (κ2) is 7.77. The number of halogens is 2. The summed E-state index contributed by atoms with van der Waals surface area (Å²) in [5.74, 6) is -2.27. The molecule has 0 aromatic heterocycles. The summed E-state index contributed by atoms with van der Waals surface area (Å²) in [6, 6.07) is 10.6. The van der Waals surface area contributed by atoms with Crippen molar-refractivity contribution in [1.82, 2.24) is 0 Å². The van der Waals surface area contributed by atoms with Gasteiger partial charge < -0.3 is 5.32 Å². The Kier molecular flexibility index (Phi) is 5.96. The van der Waals surface area contributed by atoms with Crippen molar-refractivity contribution in [2.75, 3.05) is 11.1 Å². The molecule has 0 spiro atoms. The van der Waals surface area contributed by atoms with Gasteiger partial charge >= 0.3 is 0 Å². The number of carbonyl (C=O) groups is 1. The van der Waals surface area contributed by atoms with E-state index >= 15 is 0 Å². The lowest BCUT2D eigenvalue weighted by Gasteiger charge is -2.08. The van der Waals surface area contributed by atoms with Crippen LogP contribution < -0.4 is 5.32 Å². The standard InChI is InChI=1S/C17H17ClFNO3S/c1-2-12-3-7-15(8-4-12)20-17(21)11-24(22,23)10-13-5-6-14(19)9-16(13)18/h3-9H,2,10-11H2,1H3,(H,20,21). The van der Waals surface area contributed by atoms with E-state index in [1.165, 1.54) is 6.07 Å². The highest BCUT2D eigenvalue weighted by molar-refractivity contribution is 7.91. The lowest BCUT2D eigenvalue weighted by molar-refractivity contribution is -0.113. The number of nitrogens with one attached hydrogen (secondary N) is 1. The summed E-state index contributed by atoms with van der Waals surface area (Å²) < 4.78 is 37.2. The van der Waals surface area contributed by atoms with Gasteiger partial charge in [-0.15, -0.1) is 0 Å². The highest BCUT2D eigenvalue weighted by atomic mass is 35.5. The Balaban J connectivity index is 2.00. The molecule has 128 valence electrons. The first kappa shape index (κ1) is 18.4. The monoisotopic (exact) mass is 369 g/mol. The normalized spacial score (nSPS) is 11.3. The van der Waals surface area contributed by atoms with E-state index in [0.717, 1.165) is 24.1 Å². The van der Waals surface area contributed by atoms with Gasteiger partial charge in [0.2, 0.25) is 5.91 Å². The van der Waals surface area contributed by atoms with Gasteiger partial charge in [-0.25, -0.2) is 12.8 Å². The van der Waals surface area contributed by atoms with E-state index < -0.39 is 33.1 Å². The van der Waals surface area contributed by atoms with Crippen molar-refractivity contribution in [3.63, 3.8) is 0 Å². The molecule has 0 unspecified atom stereocenters. The Labute approximate surface area is 145 Å². The molecule has 24 heavy (non-hydrogen) atoms. The minimum Gasteiger partial charge on any atom is -0.325 e. The zero-order valence-corrected chi connectivity index (χ0v) is 14.6. The minimum atomic E-state index is -3.72. The Hall–Kier alpha value is -1.92. The smallest absolute Gasteiger partial charge is 0.239 e. The predicted octanol–water partition coefficient (Wildman–Crippen LogP) is 3.60. The number of anilines is 1. The molecule has 0 aliphatic heterocycles. The van der Waals surface area contributed by atoms with E-state index in [1.807, 2.05) is 19.1 Å². The number of carbonyl (C=O) groups excluding carboxylic acids is 1. The van der Waals surface area contributed by atoms with Crippen LogP contribution >= 0.6 is 11.6 Å². The summed E-state index contributed by atoms with van der Waals surface area (Å²) in [4.78, 5) is 11.9. The van der Waals surface area contributed by atoms with E-state index in [4.69, 9.17) is 11.6 Å². The quantitative estimate of drug-likeness (QED) is 0.846. The molecule has 0 saturated heterocycles. The number of benzene rings is 2. The maximum Gasteiger partial charge on any atom is 0.239 e. The third kappa shape index (κ3) is 5.32. The molecule has 4 nitrogen and oxygen atoms in total. The van der Waals surface area contributed by atoms with Crippen LogP contribution in [0.25, 0.3) is 0 Å². The summed E-state index contributed by atoms with van der Waals surface area (Å²) in [5.41, 5.74) is 1.91. The maximum absolute atomic E-state index is 13.0. The third-order valence-corrected chi connectivity index (χ3v) is 5.19. The first-order valence-electron chi connectivity index (χ1n) is 7.32. The average molecular weight is 370 g/mol. The molecule has 0 aliphatic carbocycles. The number of hydrogen-bond acceptors (Lipinski definition) is 3. The Morgan fingerprint density at radius 3 is 2.42 bits per heavy atom. The number of amides is 1. The van der Waals surface area contributed by atoms with Crippen molar-refractivity contribution in [3.8, 4) is 0 Å². The van der Waals surface area contributed by atoms with Gasteiger partial charge in [0.1, 0.15) is 11.6 Å². The van der Waals surface area contributed by atoms with E-state index in [0.29, 0.717) is 5.69 Å². The maximum atomic E-state index is 13.0. The van der Waals surface area contributed by atoms with Crippen LogP contribution in [0.3, 0.4) is 0 Å². The van der Waals surface area contributed by atoms with Crippen molar-refractivity contribution in [2.45, 2.75) is 19.1 Å². The molecule has 0 fully saturated rings. The second-order valence-electron chi connectivity index (χ2n) is 5.37. The number of sulfone groups is 1. The Morgan fingerprint density at radius 2 is 1.83 bits per heavy atom. The van der Waals surface area contributed by atoms with Crippen LogP contribution in [0.5, 0.6) is 0 Å². The topological polar surface area (TPSA) is 63.2 Å². The lowest BCUT2D eigenvalue weighted by atomic mass is 10.1. The first-order chi connectivity index (χ1) is 11.3. The van der Waals surface area contributed by atoms with E-state index in [2.05, 4.69) is 5.32 Å². The SMILES string of the molecule is CCc1ccc(NC(=O)CS(=O)(=O)Cc2ccc(F)cc2Cl)cc1. The highest BCUT2D eigenvalue weighted by Gasteiger charge is 2.19. The molecule has 1 N–H and O–H groups in total. The predicted molar refractivity (Wildman–Crippen MR) is 93.4 cm³/mol. The molecular formula is C17H17ClFNO3S.